The summed E-state index contributed by atoms with van der Waals surface area (Å²) in [5.74, 6) is -0.849. The van der Waals surface area contributed by atoms with Gasteiger partial charge in [-0.2, -0.15) is 5.26 Å². The van der Waals surface area contributed by atoms with E-state index in [2.05, 4.69) is 25.7 Å². The molecule has 7 heteroatoms. The van der Waals surface area contributed by atoms with Crippen LogP contribution in [0.5, 0.6) is 0 Å². The molecular formula is C10H7BrF2N2O2. The topological polar surface area (TPSA) is 63.0 Å². The van der Waals surface area contributed by atoms with Gasteiger partial charge in [-0.3, -0.25) is 0 Å². The number of hydrogen-bond donors (Lipinski definition) is 0. The first-order chi connectivity index (χ1) is 8.04. The quantitative estimate of drug-likeness (QED) is 0.636. The summed E-state index contributed by atoms with van der Waals surface area (Å²) < 4.78 is 29.5. The number of nitrogens with zero attached hydrogens (tertiary/aromatic N) is 2. The van der Waals surface area contributed by atoms with E-state index < -0.39 is 18.1 Å². The summed E-state index contributed by atoms with van der Waals surface area (Å²) in [6.45, 7) is 0. The van der Waals surface area contributed by atoms with Gasteiger partial charge in [0, 0.05) is 10.9 Å². The van der Waals surface area contributed by atoms with Crippen molar-refractivity contribution < 1.29 is 18.3 Å². The molecule has 0 spiro atoms. The molecule has 0 N–H and O–H groups in total. The number of nitriles is 1. The van der Waals surface area contributed by atoms with Crippen LogP contribution in [0, 0.1) is 11.3 Å². The second-order valence-electron chi connectivity index (χ2n) is 2.96. The first-order valence-electron chi connectivity index (χ1n) is 4.41. The van der Waals surface area contributed by atoms with Gasteiger partial charge in [0.1, 0.15) is 5.69 Å². The van der Waals surface area contributed by atoms with Crippen LogP contribution in [0.4, 0.5) is 8.78 Å². The fourth-order valence-electron chi connectivity index (χ4n) is 1.20. The van der Waals surface area contributed by atoms with Gasteiger partial charge in [0.05, 0.1) is 18.7 Å². The van der Waals surface area contributed by atoms with Crippen LogP contribution >= 0.6 is 15.9 Å². The van der Waals surface area contributed by atoms with E-state index in [0.29, 0.717) is 0 Å². The minimum absolute atomic E-state index is 0.0208. The smallest absolute Gasteiger partial charge is 0.357 e. The molecule has 0 aliphatic heterocycles. The van der Waals surface area contributed by atoms with Crippen LogP contribution in [0.1, 0.15) is 33.7 Å². The summed E-state index contributed by atoms with van der Waals surface area (Å²) in [4.78, 5) is 14.9. The normalized spacial score (nSPS) is 10.1. The van der Waals surface area contributed by atoms with Crippen LogP contribution in [0.15, 0.2) is 6.07 Å². The van der Waals surface area contributed by atoms with Crippen molar-refractivity contribution in [3.8, 4) is 6.07 Å². The molecule has 0 bridgehead atoms. The summed E-state index contributed by atoms with van der Waals surface area (Å²) in [5, 5.41) is 8.99. The third-order valence-corrected chi connectivity index (χ3v) is 2.56. The van der Waals surface area contributed by atoms with Gasteiger partial charge in [0.25, 0.3) is 6.43 Å². The third-order valence-electron chi connectivity index (χ3n) is 2.00. The van der Waals surface area contributed by atoms with Gasteiger partial charge in [-0.15, -0.1) is 0 Å². The Kier molecular flexibility index (Phi) is 4.52. The minimum atomic E-state index is -2.85. The average molecular weight is 305 g/mol. The molecule has 17 heavy (non-hydrogen) atoms. The Balaban J connectivity index is 3.49. The molecule has 0 unspecified atom stereocenters. The zero-order chi connectivity index (χ0) is 13.0. The Morgan fingerprint density at radius 3 is 2.76 bits per heavy atom. The lowest BCUT2D eigenvalue weighted by Crippen LogP contribution is -2.11. The van der Waals surface area contributed by atoms with E-state index in [1.807, 2.05) is 0 Å². The largest absolute Gasteiger partial charge is 0.464 e. The molecule has 0 aromatic carbocycles. The molecule has 0 saturated carbocycles. The zero-order valence-electron chi connectivity index (χ0n) is 8.71. The summed E-state index contributed by atoms with van der Waals surface area (Å²) >= 11 is 3.07. The van der Waals surface area contributed by atoms with E-state index in [0.717, 1.165) is 13.2 Å². The van der Waals surface area contributed by atoms with Gasteiger partial charge in [-0.1, -0.05) is 15.9 Å². The maximum atomic E-state index is 12.5. The van der Waals surface area contributed by atoms with Gasteiger partial charge in [-0.05, 0) is 6.07 Å². The van der Waals surface area contributed by atoms with Crippen molar-refractivity contribution in [2.45, 2.75) is 11.8 Å². The monoisotopic (exact) mass is 304 g/mol. The predicted molar refractivity (Wildman–Crippen MR) is 57.9 cm³/mol. The first kappa shape index (κ1) is 13.5. The van der Waals surface area contributed by atoms with Crippen molar-refractivity contribution in [1.29, 1.82) is 5.26 Å². The van der Waals surface area contributed by atoms with Gasteiger partial charge in [0.2, 0.25) is 0 Å². The standard InChI is InChI=1S/C10H7BrF2N2O2/c1-17-10(16)8-6(3-11)5(4-14)2-7(15-8)9(12)13/h2,9H,3H2,1H3. The summed E-state index contributed by atoms with van der Waals surface area (Å²) in [7, 11) is 1.11. The molecule has 0 saturated heterocycles. The average Bonchev–Trinajstić information content (AvgIpc) is 2.35. The number of alkyl halides is 3. The van der Waals surface area contributed by atoms with Crippen molar-refractivity contribution in [2.24, 2.45) is 0 Å². The van der Waals surface area contributed by atoms with Crippen molar-refractivity contribution >= 4 is 21.9 Å². The highest BCUT2D eigenvalue weighted by molar-refractivity contribution is 9.08. The first-order valence-corrected chi connectivity index (χ1v) is 5.53. The summed E-state index contributed by atoms with van der Waals surface area (Å²) in [5.41, 5.74) is -0.665. The molecular weight excluding hydrogens is 298 g/mol. The van der Waals surface area contributed by atoms with E-state index in [1.165, 1.54) is 0 Å². The molecule has 4 nitrogen and oxygen atoms in total. The Morgan fingerprint density at radius 2 is 2.35 bits per heavy atom. The summed E-state index contributed by atoms with van der Waals surface area (Å²) in [6, 6.07) is 2.72. The third kappa shape index (κ3) is 2.77. The van der Waals surface area contributed by atoms with Gasteiger partial charge in [0.15, 0.2) is 5.69 Å². The van der Waals surface area contributed by atoms with Crippen LogP contribution in [-0.2, 0) is 10.1 Å². The number of ether oxygens (including phenoxy) is 1. The lowest BCUT2D eigenvalue weighted by atomic mass is 10.1. The van der Waals surface area contributed by atoms with Crippen molar-refractivity contribution in [3.63, 3.8) is 0 Å². The Morgan fingerprint density at radius 1 is 1.71 bits per heavy atom. The number of halogens is 3. The van der Waals surface area contributed by atoms with Gasteiger partial charge >= 0.3 is 5.97 Å². The van der Waals surface area contributed by atoms with Crippen LogP contribution in [0.25, 0.3) is 0 Å². The fraction of sp³-hybridized carbons (Fsp3) is 0.300. The van der Waals surface area contributed by atoms with Gasteiger partial charge in [-0.25, -0.2) is 18.6 Å². The lowest BCUT2D eigenvalue weighted by Gasteiger charge is -2.09. The highest BCUT2D eigenvalue weighted by Gasteiger charge is 2.21. The van der Waals surface area contributed by atoms with E-state index in [4.69, 9.17) is 5.26 Å². The van der Waals surface area contributed by atoms with E-state index in [1.54, 1.807) is 6.07 Å². The Hall–Kier alpha value is -1.55. The molecule has 0 amide bonds. The predicted octanol–water partition coefficient (Wildman–Crippen LogP) is 2.57. The molecule has 1 aromatic rings. The zero-order valence-corrected chi connectivity index (χ0v) is 10.3. The maximum Gasteiger partial charge on any atom is 0.357 e. The minimum Gasteiger partial charge on any atom is -0.464 e. The summed E-state index contributed by atoms with van der Waals surface area (Å²) in [6.07, 6.45) is -2.85. The van der Waals surface area contributed by atoms with E-state index >= 15 is 0 Å². The van der Waals surface area contributed by atoms with E-state index in [-0.39, 0.29) is 22.2 Å². The second kappa shape index (κ2) is 5.68. The van der Waals surface area contributed by atoms with E-state index in [9.17, 15) is 13.6 Å². The van der Waals surface area contributed by atoms with Crippen LogP contribution in [0.3, 0.4) is 0 Å². The molecule has 0 atom stereocenters. The highest BCUT2D eigenvalue weighted by atomic mass is 79.9. The molecule has 0 aliphatic carbocycles. The highest BCUT2D eigenvalue weighted by Crippen LogP contribution is 2.23. The second-order valence-corrected chi connectivity index (χ2v) is 3.52. The van der Waals surface area contributed by atoms with Crippen LogP contribution < -0.4 is 0 Å². The SMILES string of the molecule is COC(=O)c1nc(C(F)F)cc(C#N)c1CBr. The molecule has 90 valence electrons. The fourth-order valence-corrected chi connectivity index (χ4v) is 1.77. The number of esters is 1. The van der Waals surface area contributed by atoms with Crippen LogP contribution in [-0.4, -0.2) is 18.1 Å². The van der Waals surface area contributed by atoms with Crippen molar-refractivity contribution in [1.82, 2.24) is 4.98 Å². The van der Waals surface area contributed by atoms with Crippen molar-refractivity contribution in [2.75, 3.05) is 7.11 Å². The van der Waals surface area contributed by atoms with Crippen LogP contribution in [0.2, 0.25) is 0 Å². The number of carbonyl (C=O) groups excluding carboxylic acids is 1. The lowest BCUT2D eigenvalue weighted by molar-refractivity contribution is 0.0591. The van der Waals surface area contributed by atoms with Gasteiger partial charge < -0.3 is 4.74 Å². The van der Waals surface area contributed by atoms with Crippen molar-refractivity contribution in [3.05, 3.63) is 28.6 Å². The molecule has 1 aromatic heterocycles. The molecule has 0 radical (unpaired) electrons. The Labute approximate surface area is 104 Å². The molecule has 0 fully saturated rings. The number of pyridine rings is 1. The maximum absolute atomic E-state index is 12.5. The number of rotatable bonds is 3. The Bertz CT molecular complexity index is 486. The molecule has 0 aliphatic rings. The number of carbonyl (C=O) groups is 1. The number of aromatic nitrogens is 1. The number of methoxy groups -OCH3 is 1. The number of hydrogen-bond acceptors (Lipinski definition) is 4. The molecule has 1 heterocycles. The molecule has 1 rings (SSSR count).